The van der Waals surface area contributed by atoms with Gasteiger partial charge in [0.2, 0.25) is 12.7 Å². The molecule has 0 saturated carbocycles. The molecule has 0 radical (unpaired) electrons. The van der Waals surface area contributed by atoms with Crippen molar-refractivity contribution in [3.8, 4) is 11.5 Å². The van der Waals surface area contributed by atoms with Crippen LogP contribution in [0.5, 0.6) is 11.5 Å². The molecule has 140 valence electrons. The van der Waals surface area contributed by atoms with Gasteiger partial charge in [0.05, 0.1) is 6.42 Å². The van der Waals surface area contributed by atoms with Gasteiger partial charge in [-0.05, 0) is 29.8 Å². The molecule has 27 heavy (non-hydrogen) atoms. The molecule has 1 saturated heterocycles. The largest absolute Gasteiger partial charge is 0.454 e. The van der Waals surface area contributed by atoms with E-state index in [9.17, 15) is 14.0 Å². The van der Waals surface area contributed by atoms with Crippen molar-refractivity contribution in [2.45, 2.75) is 6.42 Å². The van der Waals surface area contributed by atoms with E-state index in [-0.39, 0.29) is 30.8 Å². The van der Waals surface area contributed by atoms with Crippen LogP contribution in [0.3, 0.4) is 0 Å². The first kappa shape index (κ1) is 17.3. The van der Waals surface area contributed by atoms with Crippen molar-refractivity contribution >= 4 is 11.8 Å². The molecular formula is C20H19FN2O4. The third-order valence-corrected chi connectivity index (χ3v) is 4.84. The standard InChI is InChI=1S/C20H19FN2O4/c21-16-4-2-1-3-14(16)12-19(24)22-7-9-23(10-8-22)20(25)15-5-6-17-18(11-15)27-13-26-17/h1-6,11H,7-10,12-13H2. The van der Waals surface area contributed by atoms with Crippen molar-refractivity contribution in [3.63, 3.8) is 0 Å². The smallest absolute Gasteiger partial charge is 0.254 e. The average molecular weight is 370 g/mol. The molecule has 0 spiro atoms. The normalized spacial score (nSPS) is 15.7. The quantitative estimate of drug-likeness (QED) is 0.830. The molecule has 0 unspecified atom stereocenters. The summed E-state index contributed by atoms with van der Waals surface area (Å²) in [6.07, 6.45) is 0.0305. The molecular weight excluding hydrogens is 351 g/mol. The number of ether oxygens (including phenoxy) is 2. The highest BCUT2D eigenvalue weighted by atomic mass is 19.1. The molecule has 2 aliphatic rings. The second-order valence-corrected chi connectivity index (χ2v) is 6.51. The van der Waals surface area contributed by atoms with Crippen LogP contribution < -0.4 is 9.47 Å². The van der Waals surface area contributed by atoms with Crippen LogP contribution in [0.25, 0.3) is 0 Å². The Kier molecular flexibility index (Phi) is 4.66. The van der Waals surface area contributed by atoms with Crippen LogP contribution in [0.2, 0.25) is 0 Å². The molecule has 6 nitrogen and oxygen atoms in total. The van der Waals surface area contributed by atoms with Gasteiger partial charge in [0.1, 0.15) is 5.82 Å². The van der Waals surface area contributed by atoms with Gasteiger partial charge in [-0.3, -0.25) is 9.59 Å². The third-order valence-electron chi connectivity index (χ3n) is 4.84. The summed E-state index contributed by atoms with van der Waals surface area (Å²) in [4.78, 5) is 28.5. The van der Waals surface area contributed by atoms with Gasteiger partial charge in [0.15, 0.2) is 11.5 Å². The zero-order chi connectivity index (χ0) is 18.8. The maximum atomic E-state index is 13.7. The molecule has 2 heterocycles. The van der Waals surface area contributed by atoms with E-state index in [4.69, 9.17) is 9.47 Å². The number of hydrogen-bond acceptors (Lipinski definition) is 4. The highest BCUT2D eigenvalue weighted by Crippen LogP contribution is 2.32. The predicted octanol–water partition coefficient (Wildman–Crippen LogP) is 2.08. The lowest BCUT2D eigenvalue weighted by atomic mass is 10.1. The Hall–Kier alpha value is -3.09. The number of fused-ring (bicyclic) bond motifs is 1. The molecule has 2 aromatic carbocycles. The molecule has 0 aromatic heterocycles. The highest BCUT2D eigenvalue weighted by Gasteiger charge is 2.26. The molecule has 4 rings (SSSR count). The summed E-state index contributed by atoms with van der Waals surface area (Å²) in [6, 6.07) is 11.4. The van der Waals surface area contributed by atoms with Gasteiger partial charge in [0, 0.05) is 31.7 Å². The molecule has 0 bridgehead atoms. The van der Waals surface area contributed by atoms with Crippen molar-refractivity contribution < 1.29 is 23.5 Å². The lowest BCUT2D eigenvalue weighted by molar-refractivity contribution is -0.132. The lowest BCUT2D eigenvalue weighted by Gasteiger charge is -2.35. The van der Waals surface area contributed by atoms with Crippen LogP contribution in [0.4, 0.5) is 4.39 Å². The minimum absolute atomic E-state index is 0.0305. The first-order valence-corrected chi connectivity index (χ1v) is 8.82. The van der Waals surface area contributed by atoms with Crippen molar-refractivity contribution in [2.24, 2.45) is 0 Å². The van der Waals surface area contributed by atoms with Crippen LogP contribution in [0, 0.1) is 5.82 Å². The van der Waals surface area contributed by atoms with E-state index in [0.29, 0.717) is 48.8 Å². The monoisotopic (exact) mass is 370 g/mol. The van der Waals surface area contributed by atoms with Crippen LogP contribution in [-0.4, -0.2) is 54.6 Å². The summed E-state index contributed by atoms with van der Waals surface area (Å²) in [5, 5.41) is 0. The molecule has 2 aliphatic heterocycles. The van der Waals surface area contributed by atoms with E-state index in [2.05, 4.69) is 0 Å². The molecule has 1 fully saturated rings. The Morgan fingerprint density at radius 2 is 1.63 bits per heavy atom. The fourth-order valence-corrected chi connectivity index (χ4v) is 3.29. The summed E-state index contributed by atoms with van der Waals surface area (Å²) in [5.74, 6) is 0.599. The maximum absolute atomic E-state index is 13.7. The summed E-state index contributed by atoms with van der Waals surface area (Å²) in [6.45, 7) is 1.91. The number of benzene rings is 2. The number of piperazine rings is 1. The number of carbonyl (C=O) groups excluding carboxylic acids is 2. The minimum atomic E-state index is -0.373. The van der Waals surface area contributed by atoms with Gasteiger partial charge in [-0.15, -0.1) is 0 Å². The minimum Gasteiger partial charge on any atom is -0.454 e. The van der Waals surface area contributed by atoms with E-state index in [1.54, 1.807) is 46.2 Å². The van der Waals surface area contributed by atoms with Crippen LogP contribution in [0.1, 0.15) is 15.9 Å². The zero-order valence-electron chi connectivity index (χ0n) is 14.7. The summed E-state index contributed by atoms with van der Waals surface area (Å²) < 4.78 is 24.3. The fraction of sp³-hybridized carbons (Fsp3) is 0.300. The summed E-state index contributed by atoms with van der Waals surface area (Å²) >= 11 is 0. The van der Waals surface area contributed by atoms with E-state index in [0.717, 1.165) is 0 Å². The number of carbonyl (C=O) groups is 2. The van der Waals surface area contributed by atoms with E-state index < -0.39 is 0 Å². The van der Waals surface area contributed by atoms with Crippen molar-refractivity contribution in [2.75, 3.05) is 33.0 Å². The lowest BCUT2D eigenvalue weighted by Crippen LogP contribution is -2.51. The molecule has 0 atom stereocenters. The molecule has 7 heteroatoms. The maximum Gasteiger partial charge on any atom is 0.254 e. The van der Waals surface area contributed by atoms with Gasteiger partial charge < -0.3 is 19.3 Å². The summed E-state index contributed by atoms with van der Waals surface area (Å²) in [5.41, 5.74) is 0.923. The van der Waals surface area contributed by atoms with E-state index >= 15 is 0 Å². The second kappa shape index (κ2) is 7.26. The van der Waals surface area contributed by atoms with Gasteiger partial charge >= 0.3 is 0 Å². The number of nitrogens with zero attached hydrogens (tertiary/aromatic N) is 2. The van der Waals surface area contributed by atoms with Crippen LogP contribution >= 0.6 is 0 Å². The first-order valence-electron chi connectivity index (χ1n) is 8.82. The molecule has 2 amide bonds. The van der Waals surface area contributed by atoms with Crippen molar-refractivity contribution in [1.29, 1.82) is 0 Å². The number of amides is 2. The van der Waals surface area contributed by atoms with Gasteiger partial charge in [0.25, 0.3) is 5.91 Å². The highest BCUT2D eigenvalue weighted by molar-refractivity contribution is 5.95. The Bertz CT molecular complexity index is 878. The van der Waals surface area contributed by atoms with E-state index in [1.807, 2.05) is 0 Å². The Balaban J connectivity index is 1.35. The SMILES string of the molecule is O=C(Cc1ccccc1F)N1CCN(C(=O)c2ccc3c(c2)OCO3)CC1. The molecule has 2 aromatic rings. The van der Waals surface area contributed by atoms with Crippen molar-refractivity contribution in [1.82, 2.24) is 9.80 Å². The average Bonchev–Trinajstić information content (AvgIpc) is 3.17. The fourth-order valence-electron chi connectivity index (χ4n) is 3.29. The second-order valence-electron chi connectivity index (χ2n) is 6.51. The number of halogens is 1. The number of hydrogen-bond donors (Lipinski definition) is 0. The van der Waals surface area contributed by atoms with Crippen LogP contribution in [-0.2, 0) is 11.2 Å². The van der Waals surface area contributed by atoms with Crippen molar-refractivity contribution in [3.05, 3.63) is 59.4 Å². The first-order chi connectivity index (χ1) is 13.1. The van der Waals surface area contributed by atoms with Gasteiger partial charge in [-0.25, -0.2) is 4.39 Å². The topological polar surface area (TPSA) is 59.1 Å². The van der Waals surface area contributed by atoms with Gasteiger partial charge in [-0.2, -0.15) is 0 Å². The molecule has 0 N–H and O–H groups in total. The zero-order valence-corrected chi connectivity index (χ0v) is 14.7. The van der Waals surface area contributed by atoms with E-state index in [1.165, 1.54) is 6.07 Å². The predicted molar refractivity (Wildman–Crippen MR) is 95.2 cm³/mol. The molecule has 0 aliphatic carbocycles. The number of rotatable bonds is 3. The third kappa shape index (κ3) is 3.58. The Morgan fingerprint density at radius 3 is 2.41 bits per heavy atom. The van der Waals surface area contributed by atoms with Crippen LogP contribution in [0.15, 0.2) is 42.5 Å². The van der Waals surface area contributed by atoms with Gasteiger partial charge in [-0.1, -0.05) is 18.2 Å². The Morgan fingerprint density at radius 1 is 0.926 bits per heavy atom. The Labute approximate surface area is 156 Å². The summed E-state index contributed by atoms with van der Waals surface area (Å²) in [7, 11) is 0.